The molecule has 3 rings (SSSR count). The van der Waals surface area contributed by atoms with Crippen molar-refractivity contribution in [1.82, 2.24) is 15.0 Å². The van der Waals surface area contributed by atoms with Gasteiger partial charge in [-0.05, 0) is 39.1 Å². The second kappa shape index (κ2) is 5.64. The summed E-state index contributed by atoms with van der Waals surface area (Å²) in [4.78, 5) is 13.9. The lowest BCUT2D eigenvalue weighted by Gasteiger charge is -2.38. The van der Waals surface area contributed by atoms with Gasteiger partial charge in [0, 0.05) is 32.2 Å². The lowest BCUT2D eigenvalue weighted by atomic mass is 10.2. The number of hydroxylamine groups is 2. The average Bonchev–Trinajstić information content (AvgIpc) is 2.76. The van der Waals surface area contributed by atoms with Crippen molar-refractivity contribution in [1.29, 1.82) is 0 Å². The molecule has 120 valence electrons. The van der Waals surface area contributed by atoms with Crippen LogP contribution in [-0.4, -0.2) is 46.8 Å². The van der Waals surface area contributed by atoms with Crippen molar-refractivity contribution >= 4 is 28.9 Å². The van der Waals surface area contributed by atoms with Crippen LogP contribution in [0.5, 0.6) is 0 Å². The van der Waals surface area contributed by atoms with E-state index in [2.05, 4.69) is 9.97 Å². The molecule has 1 aliphatic heterocycles. The van der Waals surface area contributed by atoms with Gasteiger partial charge in [0.25, 0.3) is 0 Å². The van der Waals surface area contributed by atoms with Crippen LogP contribution in [-0.2, 0) is 4.84 Å². The first-order chi connectivity index (χ1) is 10.3. The fraction of sp³-hybridized carbons (Fsp3) is 0.533. The first kappa shape index (κ1) is 15.5. The molecule has 22 heavy (non-hydrogen) atoms. The normalized spacial score (nSPS) is 17.4. The number of rotatable bonds is 2. The molecule has 1 fully saturated rings. The highest BCUT2D eigenvalue weighted by atomic mass is 32.1. The van der Waals surface area contributed by atoms with E-state index < -0.39 is 0 Å². The summed E-state index contributed by atoms with van der Waals surface area (Å²) >= 11 is 5.05. The number of nitrogens with one attached hydrogen (secondary N) is 2. The van der Waals surface area contributed by atoms with Crippen LogP contribution in [0.15, 0.2) is 12.1 Å². The Morgan fingerprint density at radius 1 is 1.09 bits per heavy atom. The van der Waals surface area contributed by atoms with Gasteiger partial charge in [0.2, 0.25) is 0 Å². The summed E-state index contributed by atoms with van der Waals surface area (Å²) in [7, 11) is 0. The van der Waals surface area contributed by atoms with Gasteiger partial charge in [-0.1, -0.05) is 0 Å². The first-order valence-corrected chi connectivity index (χ1v) is 7.83. The summed E-state index contributed by atoms with van der Waals surface area (Å²) < 4.78 is 14.8. The van der Waals surface area contributed by atoms with Crippen LogP contribution >= 0.6 is 12.2 Å². The number of halogens is 1. The zero-order valence-corrected chi connectivity index (χ0v) is 13.9. The standard InChI is InChI=1S/C15H21FN4OS/c1-15(2,3)21-20-6-4-19(5-7-20)13-9-12-11(8-10(13)16)17-14(22)18-12/h8-9H,4-7H2,1-3H3,(H2,17,18,22). The lowest BCUT2D eigenvalue weighted by Crippen LogP contribution is -2.48. The molecule has 0 unspecified atom stereocenters. The Morgan fingerprint density at radius 2 is 1.68 bits per heavy atom. The van der Waals surface area contributed by atoms with E-state index in [9.17, 15) is 4.39 Å². The predicted octanol–water partition coefficient (Wildman–Crippen LogP) is 3.22. The molecule has 0 spiro atoms. The minimum Gasteiger partial charge on any atom is -0.366 e. The van der Waals surface area contributed by atoms with E-state index in [1.165, 1.54) is 6.07 Å². The predicted molar refractivity (Wildman–Crippen MR) is 88.1 cm³/mol. The molecule has 1 aromatic carbocycles. The second-order valence-corrected chi connectivity index (χ2v) is 6.96. The molecular formula is C15H21FN4OS. The highest BCUT2D eigenvalue weighted by Gasteiger charge is 2.24. The van der Waals surface area contributed by atoms with Crippen molar-refractivity contribution in [3.8, 4) is 0 Å². The third kappa shape index (κ3) is 3.31. The Bertz CT molecular complexity index is 725. The summed E-state index contributed by atoms with van der Waals surface area (Å²) in [5, 5.41) is 1.96. The molecule has 0 bridgehead atoms. The molecule has 0 saturated carbocycles. The monoisotopic (exact) mass is 324 g/mol. The number of hydrogen-bond donors (Lipinski definition) is 2. The Kier molecular flexibility index (Phi) is 3.96. The highest BCUT2D eigenvalue weighted by Crippen LogP contribution is 2.26. The van der Waals surface area contributed by atoms with Crippen LogP contribution in [0.1, 0.15) is 20.8 Å². The molecule has 1 aromatic heterocycles. The van der Waals surface area contributed by atoms with Gasteiger partial charge in [-0.3, -0.25) is 4.84 Å². The number of piperazine rings is 1. The zero-order chi connectivity index (χ0) is 15.9. The second-order valence-electron chi connectivity index (χ2n) is 6.55. The Labute approximate surface area is 134 Å². The van der Waals surface area contributed by atoms with Crippen LogP contribution in [0.3, 0.4) is 0 Å². The number of nitrogens with zero attached hydrogens (tertiary/aromatic N) is 2. The van der Waals surface area contributed by atoms with Crippen molar-refractivity contribution in [2.45, 2.75) is 26.4 Å². The Hall–Kier alpha value is -1.44. The largest absolute Gasteiger partial charge is 0.366 e. The maximum absolute atomic E-state index is 14.3. The number of aromatic nitrogens is 2. The number of benzene rings is 1. The van der Waals surface area contributed by atoms with Crippen molar-refractivity contribution in [2.24, 2.45) is 0 Å². The minimum atomic E-state index is -0.233. The van der Waals surface area contributed by atoms with E-state index in [0.717, 1.165) is 31.7 Å². The van der Waals surface area contributed by atoms with Crippen LogP contribution < -0.4 is 4.90 Å². The van der Waals surface area contributed by atoms with Gasteiger partial charge in [-0.2, -0.15) is 5.06 Å². The van der Waals surface area contributed by atoms with Crippen molar-refractivity contribution in [3.63, 3.8) is 0 Å². The third-order valence-corrected chi connectivity index (χ3v) is 3.77. The Balaban J connectivity index is 1.76. The first-order valence-electron chi connectivity index (χ1n) is 7.42. The van der Waals surface area contributed by atoms with Gasteiger partial charge >= 0.3 is 0 Å². The number of hydrogen-bond acceptors (Lipinski definition) is 4. The molecular weight excluding hydrogens is 303 g/mol. The van der Waals surface area contributed by atoms with Crippen molar-refractivity contribution in [2.75, 3.05) is 31.1 Å². The summed E-state index contributed by atoms with van der Waals surface area (Å²) in [6, 6.07) is 3.31. The van der Waals surface area contributed by atoms with Crippen LogP contribution in [0.4, 0.5) is 10.1 Å². The van der Waals surface area contributed by atoms with Crippen LogP contribution in [0, 0.1) is 10.6 Å². The van der Waals surface area contributed by atoms with Crippen LogP contribution in [0.2, 0.25) is 0 Å². The molecule has 2 N–H and O–H groups in total. The van der Waals surface area contributed by atoms with Gasteiger partial charge in [0.15, 0.2) is 4.77 Å². The summed E-state index contributed by atoms with van der Waals surface area (Å²) in [6.07, 6.45) is 0. The topological polar surface area (TPSA) is 47.3 Å². The number of fused-ring (bicyclic) bond motifs is 1. The molecule has 2 aromatic rings. The summed E-state index contributed by atoms with van der Waals surface area (Å²) in [5.41, 5.74) is 1.93. The SMILES string of the molecule is CC(C)(C)ON1CCN(c2cc3[nH]c(=S)[nH]c3cc2F)CC1. The summed E-state index contributed by atoms with van der Waals surface area (Å²) in [5.74, 6) is -0.233. The number of aromatic amines is 2. The molecule has 0 radical (unpaired) electrons. The van der Waals surface area contributed by atoms with E-state index in [4.69, 9.17) is 17.1 Å². The van der Waals surface area contributed by atoms with Gasteiger partial charge < -0.3 is 14.9 Å². The van der Waals surface area contributed by atoms with E-state index in [-0.39, 0.29) is 11.4 Å². The summed E-state index contributed by atoms with van der Waals surface area (Å²) in [6.45, 7) is 9.03. The molecule has 0 atom stereocenters. The van der Waals surface area contributed by atoms with E-state index in [1.807, 2.05) is 36.8 Å². The molecule has 7 heteroatoms. The third-order valence-electron chi connectivity index (χ3n) is 3.57. The molecule has 0 aliphatic carbocycles. The molecule has 1 saturated heterocycles. The number of anilines is 1. The van der Waals surface area contributed by atoms with Gasteiger partial charge in [0.1, 0.15) is 5.82 Å². The zero-order valence-electron chi connectivity index (χ0n) is 13.1. The van der Waals surface area contributed by atoms with Crippen molar-refractivity contribution < 1.29 is 9.23 Å². The fourth-order valence-corrected chi connectivity index (χ4v) is 2.91. The van der Waals surface area contributed by atoms with Crippen LogP contribution in [0.25, 0.3) is 11.0 Å². The number of imidazole rings is 1. The quantitative estimate of drug-likeness (QED) is 0.833. The van der Waals surface area contributed by atoms with Gasteiger partial charge in [-0.25, -0.2) is 4.39 Å². The van der Waals surface area contributed by atoms with Crippen molar-refractivity contribution in [3.05, 3.63) is 22.7 Å². The maximum Gasteiger partial charge on any atom is 0.175 e. The fourth-order valence-electron chi connectivity index (χ4n) is 2.69. The number of H-pyrrole nitrogens is 2. The Morgan fingerprint density at radius 3 is 2.27 bits per heavy atom. The van der Waals surface area contributed by atoms with Gasteiger partial charge in [0.05, 0.1) is 22.3 Å². The molecule has 0 amide bonds. The molecule has 5 nitrogen and oxygen atoms in total. The molecule has 2 heterocycles. The van der Waals surface area contributed by atoms with E-state index in [0.29, 0.717) is 16.0 Å². The molecule has 1 aliphatic rings. The highest BCUT2D eigenvalue weighted by molar-refractivity contribution is 7.71. The van der Waals surface area contributed by atoms with E-state index in [1.54, 1.807) is 0 Å². The average molecular weight is 324 g/mol. The smallest absolute Gasteiger partial charge is 0.175 e. The maximum atomic E-state index is 14.3. The lowest BCUT2D eigenvalue weighted by molar-refractivity contribution is -0.230. The minimum absolute atomic E-state index is 0.202. The van der Waals surface area contributed by atoms with Gasteiger partial charge in [-0.15, -0.1) is 0 Å². The van der Waals surface area contributed by atoms with E-state index >= 15 is 0 Å².